The first-order valence-electron chi connectivity index (χ1n) is 7.84. The Morgan fingerprint density at radius 1 is 1.39 bits per heavy atom. The lowest BCUT2D eigenvalue weighted by Gasteiger charge is -2.34. The van der Waals surface area contributed by atoms with E-state index in [0.717, 1.165) is 40.8 Å². The predicted molar refractivity (Wildman–Crippen MR) is 90.7 cm³/mol. The third kappa shape index (κ3) is 3.45. The zero-order chi connectivity index (χ0) is 16.6. The van der Waals surface area contributed by atoms with Crippen molar-refractivity contribution < 1.29 is 4.79 Å². The molecule has 1 aliphatic rings. The highest BCUT2D eigenvalue weighted by Gasteiger charge is 2.35. The Labute approximate surface area is 140 Å². The Morgan fingerprint density at radius 3 is 2.74 bits per heavy atom. The third-order valence-corrected chi connectivity index (χ3v) is 5.26. The molecule has 2 aromatic rings. The first kappa shape index (κ1) is 16.1. The van der Waals surface area contributed by atoms with Crippen LogP contribution >= 0.6 is 11.3 Å². The standard InChI is InChI=1S/C16H23N5OS/c1-10-5-6-13(23-10)16(22)17-12-7-11(8-12)15-19-18-14(21(15)4)9-20(2)3/h5-6,11-12H,7-9H2,1-4H3,(H,17,22). The highest BCUT2D eigenvalue weighted by molar-refractivity contribution is 7.13. The first-order valence-corrected chi connectivity index (χ1v) is 8.66. The molecule has 1 N–H and O–H groups in total. The molecule has 3 rings (SSSR count). The SMILES string of the molecule is Cc1ccc(C(=O)NC2CC(c3nnc(CN(C)C)n3C)C2)s1. The fourth-order valence-corrected chi connectivity index (χ4v) is 3.68. The first-order chi connectivity index (χ1) is 10.9. The highest BCUT2D eigenvalue weighted by Crippen LogP contribution is 2.36. The van der Waals surface area contributed by atoms with Gasteiger partial charge in [0.05, 0.1) is 11.4 Å². The van der Waals surface area contributed by atoms with E-state index >= 15 is 0 Å². The van der Waals surface area contributed by atoms with Crippen LogP contribution in [0, 0.1) is 6.92 Å². The third-order valence-electron chi connectivity index (χ3n) is 4.26. The molecule has 1 aliphatic carbocycles. The Balaban J connectivity index is 1.55. The smallest absolute Gasteiger partial charge is 0.261 e. The summed E-state index contributed by atoms with van der Waals surface area (Å²) >= 11 is 1.54. The molecule has 2 heterocycles. The summed E-state index contributed by atoms with van der Waals surface area (Å²) in [4.78, 5) is 16.2. The summed E-state index contributed by atoms with van der Waals surface area (Å²) in [5.41, 5.74) is 0. The molecule has 124 valence electrons. The largest absolute Gasteiger partial charge is 0.349 e. The normalized spacial score (nSPS) is 20.6. The number of hydrogen-bond donors (Lipinski definition) is 1. The minimum Gasteiger partial charge on any atom is -0.349 e. The van der Waals surface area contributed by atoms with Crippen molar-refractivity contribution in [2.75, 3.05) is 14.1 Å². The second-order valence-electron chi connectivity index (χ2n) is 6.52. The second-order valence-corrected chi connectivity index (χ2v) is 7.81. The number of rotatable bonds is 5. The van der Waals surface area contributed by atoms with Gasteiger partial charge in [0.1, 0.15) is 11.6 Å². The van der Waals surface area contributed by atoms with Crippen molar-refractivity contribution in [3.63, 3.8) is 0 Å². The van der Waals surface area contributed by atoms with Gasteiger partial charge in [0.25, 0.3) is 5.91 Å². The van der Waals surface area contributed by atoms with Crippen LogP contribution in [-0.2, 0) is 13.6 Å². The molecule has 23 heavy (non-hydrogen) atoms. The Bertz CT molecular complexity index is 699. The lowest BCUT2D eigenvalue weighted by Crippen LogP contribution is -2.43. The molecule has 0 aliphatic heterocycles. The topological polar surface area (TPSA) is 63.1 Å². The van der Waals surface area contributed by atoms with Gasteiger partial charge in [-0.3, -0.25) is 4.79 Å². The molecule has 0 spiro atoms. The summed E-state index contributed by atoms with van der Waals surface area (Å²) in [6, 6.07) is 4.11. The monoisotopic (exact) mass is 333 g/mol. The summed E-state index contributed by atoms with van der Waals surface area (Å²) < 4.78 is 2.09. The van der Waals surface area contributed by atoms with Crippen molar-refractivity contribution in [2.45, 2.75) is 38.3 Å². The molecule has 2 aromatic heterocycles. The molecule has 0 atom stereocenters. The van der Waals surface area contributed by atoms with Crippen molar-refractivity contribution >= 4 is 17.2 Å². The minimum absolute atomic E-state index is 0.0396. The van der Waals surface area contributed by atoms with Crippen LogP contribution in [0.25, 0.3) is 0 Å². The summed E-state index contributed by atoms with van der Waals surface area (Å²) in [5.74, 6) is 2.43. The average molecular weight is 333 g/mol. The van der Waals surface area contributed by atoms with E-state index in [1.807, 2.05) is 40.2 Å². The molecule has 7 heteroatoms. The van der Waals surface area contributed by atoms with Gasteiger partial charge in [0.15, 0.2) is 0 Å². The molecule has 0 unspecified atom stereocenters. The van der Waals surface area contributed by atoms with Crippen LogP contribution in [0.3, 0.4) is 0 Å². The van der Waals surface area contributed by atoms with Crippen LogP contribution < -0.4 is 5.32 Å². The molecule has 0 aromatic carbocycles. The number of carbonyl (C=O) groups excluding carboxylic acids is 1. The number of carbonyl (C=O) groups is 1. The lowest BCUT2D eigenvalue weighted by atomic mass is 9.79. The number of aryl methyl sites for hydroxylation is 1. The number of nitrogens with one attached hydrogen (secondary N) is 1. The average Bonchev–Trinajstić information content (AvgIpc) is 3.01. The maximum absolute atomic E-state index is 12.2. The predicted octanol–water partition coefficient (Wildman–Crippen LogP) is 1.92. The highest BCUT2D eigenvalue weighted by atomic mass is 32.1. The van der Waals surface area contributed by atoms with Gasteiger partial charge in [-0.25, -0.2) is 0 Å². The second kappa shape index (κ2) is 6.41. The van der Waals surface area contributed by atoms with Crippen molar-refractivity contribution in [1.82, 2.24) is 25.0 Å². The van der Waals surface area contributed by atoms with E-state index in [-0.39, 0.29) is 11.9 Å². The number of nitrogens with zero attached hydrogens (tertiary/aromatic N) is 4. The number of thiophene rings is 1. The van der Waals surface area contributed by atoms with Crippen LogP contribution in [0.5, 0.6) is 0 Å². The Morgan fingerprint density at radius 2 is 2.13 bits per heavy atom. The van der Waals surface area contributed by atoms with E-state index in [9.17, 15) is 4.79 Å². The lowest BCUT2D eigenvalue weighted by molar-refractivity contribution is 0.0911. The van der Waals surface area contributed by atoms with Gasteiger partial charge in [-0.15, -0.1) is 21.5 Å². The molecular weight excluding hydrogens is 310 g/mol. The van der Waals surface area contributed by atoms with Crippen molar-refractivity contribution in [3.05, 3.63) is 33.5 Å². The molecule has 1 fully saturated rings. The van der Waals surface area contributed by atoms with Gasteiger partial charge in [0, 0.05) is 23.9 Å². The molecule has 0 saturated heterocycles. The zero-order valence-electron chi connectivity index (χ0n) is 14.0. The van der Waals surface area contributed by atoms with Crippen LogP contribution in [0.1, 0.15) is 45.0 Å². The van der Waals surface area contributed by atoms with Crippen LogP contribution in [0.15, 0.2) is 12.1 Å². The Kier molecular flexibility index (Phi) is 4.50. The number of hydrogen-bond acceptors (Lipinski definition) is 5. The van der Waals surface area contributed by atoms with Gasteiger partial charge >= 0.3 is 0 Å². The van der Waals surface area contributed by atoms with Gasteiger partial charge in [-0.1, -0.05) is 0 Å². The van der Waals surface area contributed by atoms with E-state index in [0.29, 0.717) is 5.92 Å². The summed E-state index contributed by atoms with van der Waals surface area (Å²) in [6.07, 6.45) is 1.87. The van der Waals surface area contributed by atoms with E-state index in [1.54, 1.807) is 0 Å². The summed E-state index contributed by atoms with van der Waals surface area (Å²) in [6.45, 7) is 2.80. The van der Waals surface area contributed by atoms with E-state index < -0.39 is 0 Å². The van der Waals surface area contributed by atoms with Crippen molar-refractivity contribution in [3.8, 4) is 0 Å². The van der Waals surface area contributed by atoms with Gasteiger partial charge in [0.2, 0.25) is 0 Å². The van der Waals surface area contributed by atoms with Gasteiger partial charge < -0.3 is 14.8 Å². The molecule has 1 saturated carbocycles. The minimum atomic E-state index is 0.0396. The molecule has 6 nitrogen and oxygen atoms in total. The molecule has 0 bridgehead atoms. The van der Waals surface area contributed by atoms with Gasteiger partial charge in [-0.05, 0) is 46.0 Å². The van der Waals surface area contributed by atoms with E-state index in [4.69, 9.17) is 0 Å². The van der Waals surface area contributed by atoms with Crippen LogP contribution in [0.2, 0.25) is 0 Å². The number of aromatic nitrogens is 3. The fourth-order valence-electron chi connectivity index (χ4n) is 2.91. The molecule has 0 radical (unpaired) electrons. The summed E-state index contributed by atoms with van der Waals surface area (Å²) in [5, 5.41) is 11.7. The van der Waals surface area contributed by atoms with Crippen molar-refractivity contribution in [2.24, 2.45) is 7.05 Å². The summed E-state index contributed by atoms with van der Waals surface area (Å²) in [7, 11) is 6.07. The maximum Gasteiger partial charge on any atom is 0.261 e. The Hall–Kier alpha value is -1.73. The zero-order valence-corrected chi connectivity index (χ0v) is 14.9. The fraction of sp³-hybridized carbons (Fsp3) is 0.562. The van der Waals surface area contributed by atoms with E-state index in [1.165, 1.54) is 11.3 Å². The molecule has 1 amide bonds. The van der Waals surface area contributed by atoms with Crippen LogP contribution in [0.4, 0.5) is 0 Å². The van der Waals surface area contributed by atoms with Crippen molar-refractivity contribution in [1.29, 1.82) is 0 Å². The quantitative estimate of drug-likeness (QED) is 0.908. The van der Waals surface area contributed by atoms with E-state index in [2.05, 4.69) is 25.0 Å². The van der Waals surface area contributed by atoms with Gasteiger partial charge in [-0.2, -0.15) is 0 Å². The van der Waals surface area contributed by atoms with Crippen LogP contribution in [-0.4, -0.2) is 45.7 Å². The maximum atomic E-state index is 12.2. The molecular formula is C16H23N5OS. The number of amides is 1.